The molecular formula is C29H38F3N3O. The minimum absolute atomic E-state index is 0.0413. The van der Waals surface area contributed by atoms with Crippen LogP contribution in [-0.4, -0.2) is 41.9 Å². The van der Waals surface area contributed by atoms with E-state index in [1.807, 2.05) is 12.1 Å². The molecule has 1 aliphatic carbocycles. The van der Waals surface area contributed by atoms with Crippen LogP contribution >= 0.6 is 0 Å². The molecule has 1 aliphatic heterocycles. The zero-order valence-corrected chi connectivity index (χ0v) is 21.6. The molecule has 0 saturated heterocycles. The third kappa shape index (κ3) is 7.25. The molecule has 1 amide bonds. The summed E-state index contributed by atoms with van der Waals surface area (Å²) >= 11 is 0. The van der Waals surface area contributed by atoms with E-state index in [1.54, 1.807) is 11.0 Å². The van der Waals surface area contributed by atoms with Crippen molar-refractivity contribution in [3.05, 3.63) is 64.7 Å². The van der Waals surface area contributed by atoms with E-state index in [2.05, 4.69) is 37.1 Å². The number of carbonyl (C=O) groups is 1. The first kappa shape index (κ1) is 26.5. The molecule has 0 unspecified atom stereocenters. The fourth-order valence-electron chi connectivity index (χ4n) is 4.84. The van der Waals surface area contributed by atoms with Crippen molar-refractivity contribution < 1.29 is 18.0 Å². The van der Waals surface area contributed by atoms with E-state index in [0.29, 0.717) is 13.0 Å². The Morgan fingerprint density at radius 2 is 1.83 bits per heavy atom. The number of carbonyl (C=O) groups excluding carboxylic acids is 1. The number of alkyl halides is 3. The molecule has 0 bridgehead atoms. The van der Waals surface area contributed by atoms with Crippen molar-refractivity contribution in [3.8, 4) is 0 Å². The SMILES string of the molecule is CC(C)(C)CCN(Cc1ccccc1C(F)(F)F)C(=O)CNc1cccc2c1CCN(CC1CC1)C2. The summed E-state index contributed by atoms with van der Waals surface area (Å²) in [7, 11) is 0. The fraction of sp³-hybridized carbons (Fsp3) is 0.552. The monoisotopic (exact) mass is 501 g/mol. The highest BCUT2D eigenvalue weighted by atomic mass is 19.4. The first-order valence-corrected chi connectivity index (χ1v) is 13.0. The van der Waals surface area contributed by atoms with Gasteiger partial charge in [0, 0.05) is 38.4 Å². The maximum Gasteiger partial charge on any atom is 0.416 e. The Morgan fingerprint density at radius 3 is 2.53 bits per heavy atom. The second kappa shape index (κ2) is 10.8. The number of rotatable bonds is 9. The minimum atomic E-state index is -4.45. The summed E-state index contributed by atoms with van der Waals surface area (Å²) < 4.78 is 40.8. The quantitative estimate of drug-likeness (QED) is 0.435. The van der Waals surface area contributed by atoms with Crippen molar-refractivity contribution in [1.82, 2.24) is 9.80 Å². The van der Waals surface area contributed by atoms with Crippen molar-refractivity contribution in [3.63, 3.8) is 0 Å². The van der Waals surface area contributed by atoms with Gasteiger partial charge in [-0.2, -0.15) is 13.2 Å². The van der Waals surface area contributed by atoms with Gasteiger partial charge in [-0.1, -0.05) is 51.1 Å². The molecule has 0 radical (unpaired) electrons. The number of benzene rings is 2. The summed E-state index contributed by atoms with van der Waals surface area (Å²) in [5.41, 5.74) is 2.90. The number of amides is 1. The summed E-state index contributed by atoms with van der Waals surface area (Å²) in [6, 6.07) is 11.7. The Morgan fingerprint density at radius 1 is 1.08 bits per heavy atom. The van der Waals surface area contributed by atoms with Crippen LogP contribution < -0.4 is 5.32 Å². The van der Waals surface area contributed by atoms with Gasteiger partial charge in [0.2, 0.25) is 5.91 Å². The van der Waals surface area contributed by atoms with Gasteiger partial charge in [0.05, 0.1) is 12.1 Å². The van der Waals surface area contributed by atoms with Crippen molar-refractivity contribution in [2.75, 3.05) is 31.5 Å². The molecule has 4 nitrogen and oxygen atoms in total. The third-order valence-electron chi connectivity index (χ3n) is 7.16. The highest BCUT2D eigenvalue weighted by molar-refractivity contribution is 5.81. The molecule has 4 rings (SSSR count). The first-order chi connectivity index (χ1) is 17.0. The average Bonchev–Trinajstić information content (AvgIpc) is 3.63. The minimum Gasteiger partial charge on any atom is -0.376 e. The lowest BCUT2D eigenvalue weighted by Gasteiger charge is -2.31. The predicted octanol–water partition coefficient (Wildman–Crippen LogP) is 6.35. The van der Waals surface area contributed by atoms with Crippen LogP contribution in [-0.2, 0) is 30.5 Å². The fourth-order valence-corrected chi connectivity index (χ4v) is 4.84. The zero-order valence-electron chi connectivity index (χ0n) is 21.6. The molecule has 1 fully saturated rings. The average molecular weight is 502 g/mol. The number of hydrogen-bond acceptors (Lipinski definition) is 3. The van der Waals surface area contributed by atoms with Gasteiger partial charge in [0.1, 0.15) is 0 Å². The van der Waals surface area contributed by atoms with Gasteiger partial charge < -0.3 is 10.2 Å². The van der Waals surface area contributed by atoms with E-state index in [9.17, 15) is 18.0 Å². The third-order valence-corrected chi connectivity index (χ3v) is 7.16. The normalized spacial score (nSPS) is 16.5. The largest absolute Gasteiger partial charge is 0.416 e. The summed E-state index contributed by atoms with van der Waals surface area (Å²) in [5, 5.41) is 3.32. The molecular weight excluding hydrogens is 463 g/mol. The van der Waals surface area contributed by atoms with Crippen molar-refractivity contribution in [2.45, 2.75) is 65.7 Å². The Hall–Kier alpha value is -2.54. The van der Waals surface area contributed by atoms with Gasteiger partial charge in [-0.3, -0.25) is 9.69 Å². The molecule has 2 aliphatic rings. The highest BCUT2D eigenvalue weighted by Gasteiger charge is 2.34. The Labute approximate surface area is 212 Å². The molecule has 7 heteroatoms. The van der Waals surface area contributed by atoms with Crippen LogP contribution in [0, 0.1) is 11.3 Å². The van der Waals surface area contributed by atoms with Crippen LogP contribution in [0.15, 0.2) is 42.5 Å². The van der Waals surface area contributed by atoms with Crippen molar-refractivity contribution in [2.24, 2.45) is 11.3 Å². The zero-order chi connectivity index (χ0) is 25.9. The standard InChI is InChI=1S/C29H38F3N3O/c1-28(2,3)14-16-35(20-23-7-4-5-9-25(23)29(30,31)32)27(36)17-33-26-10-6-8-22-19-34(15-13-24(22)26)18-21-11-12-21/h4-10,21,33H,11-20H2,1-3H3. The van der Waals surface area contributed by atoms with Gasteiger partial charge in [0.25, 0.3) is 0 Å². The second-order valence-electron chi connectivity index (χ2n) is 11.5. The van der Waals surface area contributed by atoms with E-state index in [0.717, 1.165) is 43.7 Å². The van der Waals surface area contributed by atoms with Gasteiger partial charge in [-0.15, -0.1) is 0 Å². The number of nitrogens with one attached hydrogen (secondary N) is 1. The number of anilines is 1. The maximum atomic E-state index is 13.6. The Balaban J connectivity index is 1.45. The van der Waals surface area contributed by atoms with Crippen LogP contribution in [0.25, 0.3) is 0 Å². The number of halogens is 3. The van der Waals surface area contributed by atoms with Crippen LogP contribution in [0.4, 0.5) is 18.9 Å². The van der Waals surface area contributed by atoms with Crippen molar-refractivity contribution >= 4 is 11.6 Å². The summed E-state index contributed by atoms with van der Waals surface area (Å²) in [6.45, 7) is 9.72. The van der Waals surface area contributed by atoms with Gasteiger partial charge in [-0.05, 0) is 65.8 Å². The molecule has 36 heavy (non-hydrogen) atoms. The lowest BCUT2D eigenvalue weighted by Crippen LogP contribution is -2.38. The van der Waals surface area contributed by atoms with E-state index in [1.165, 1.54) is 36.1 Å². The van der Waals surface area contributed by atoms with Crippen molar-refractivity contribution in [1.29, 1.82) is 0 Å². The molecule has 0 aromatic heterocycles. The second-order valence-corrected chi connectivity index (χ2v) is 11.5. The van der Waals surface area contributed by atoms with E-state index >= 15 is 0 Å². The molecule has 0 atom stereocenters. The number of hydrogen-bond donors (Lipinski definition) is 1. The molecule has 2 aromatic rings. The lowest BCUT2D eigenvalue weighted by atomic mass is 9.92. The summed E-state index contributed by atoms with van der Waals surface area (Å²) in [4.78, 5) is 17.4. The number of nitrogens with zero attached hydrogens (tertiary/aromatic N) is 2. The first-order valence-electron chi connectivity index (χ1n) is 13.0. The van der Waals surface area contributed by atoms with Gasteiger partial charge >= 0.3 is 6.18 Å². The summed E-state index contributed by atoms with van der Waals surface area (Å²) in [5.74, 6) is 0.659. The maximum absolute atomic E-state index is 13.6. The van der Waals surface area contributed by atoms with E-state index in [4.69, 9.17) is 0 Å². The topological polar surface area (TPSA) is 35.6 Å². The predicted molar refractivity (Wildman–Crippen MR) is 138 cm³/mol. The molecule has 196 valence electrons. The van der Waals surface area contributed by atoms with Gasteiger partial charge in [0.15, 0.2) is 0 Å². The van der Waals surface area contributed by atoms with Crippen LogP contribution in [0.3, 0.4) is 0 Å². The van der Waals surface area contributed by atoms with Crippen LogP contribution in [0.1, 0.15) is 62.3 Å². The molecule has 1 saturated carbocycles. The smallest absolute Gasteiger partial charge is 0.376 e. The molecule has 1 heterocycles. The van der Waals surface area contributed by atoms with Gasteiger partial charge in [-0.25, -0.2) is 0 Å². The lowest BCUT2D eigenvalue weighted by molar-refractivity contribution is -0.139. The number of fused-ring (bicyclic) bond motifs is 1. The van der Waals surface area contributed by atoms with E-state index < -0.39 is 11.7 Å². The van der Waals surface area contributed by atoms with Crippen LogP contribution in [0.5, 0.6) is 0 Å². The molecule has 0 spiro atoms. The van der Waals surface area contributed by atoms with E-state index in [-0.39, 0.29) is 30.0 Å². The highest BCUT2D eigenvalue weighted by Crippen LogP contribution is 2.34. The molecule has 1 N–H and O–H groups in total. The summed E-state index contributed by atoms with van der Waals surface area (Å²) in [6.07, 6.45) is -0.140. The Kier molecular flexibility index (Phi) is 7.98. The van der Waals surface area contributed by atoms with Crippen LogP contribution in [0.2, 0.25) is 0 Å². The Bertz CT molecular complexity index is 1060. The molecule has 2 aromatic carbocycles.